The average molecular weight is 476 g/mol. The molecule has 3 rings (SSSR count). The Morgan fingerprint density at radius 1 is 0.970 bits per heavy atom. The van der Waals surface area contributed by atoms with Crippen LogP contribution in [0.25, 0.3) is 0 Å². The van der Waals surface area contributed by atoms with Crippen molar-refractivity contribution >= 4 is 21.8 Å². The molecule has 1 aliphatic rings. The first-order chi connectivity index (χ1) is 15.4. The first kappa shape index (κ1) is 24.9. The largest absolute Gasteiger partial charge is 0.341 e. The number of halogens is 1. The molecule has 1 aliphatic heterocycles. The van der Waals surface area contributed by atoms with E-state index in [1.54, 1.807) is 19.1 Å². The van der Waals surface area contributed by atoms with Gasteiger partial charge in [-0.05, 0) is 42.2 Å². The SMILES string of the molecule is CC(NC(=O)c1ccc(C(C)(C)C)cc1)C(=O)N1CCN(S(=O)(=O)c2ccccc2F)CC1. The third-order valence-electron chi connectivity index (χ3n) is 5.74. The van der Waals surface area contributed by atoms with Gasteiger partial charge in [0.25, 0.3) is 5.91 Å². The van der Waals surface area contributed by atoms with Crippen LogP contribution in [0.15, 0.2) is 53.4 Å². The second-order valence-corrected chi connectivity index (χ2v) is 11.1. The Hall–Kier alpha value is -2.78. The Bertz CT molecular complexity index is 1120. The molecular weight excluding hydrogens is 445 g/mol. The lowest BCUT2D eigenvalue weighted by molar-refractivity contribution is -0.134. The number of piperazine rings is 1. The molecule has 7 nitrogen and oxygen atoms in total. The summed E-state index contributed by atoms with van der Waals surface area (Å²) < 4.78 is 40.6. The zero-order valence-electron chi connectivity index (χ0n) is 19.3. The number of benzene rings is 2. The van der Waals surface area contributed by atoms with Crippen molar-refractivity contribution in [2.45, 2.75) is 44.0 Å². The maximum Gasteiger partial charge on any atom is 0.251 e. The molecule has 1 N–H and O–H groups in total. The first-order valence-corrected chi connectivity index (χ1v) is 12.3. The van der Waals surface area contributed by atoms with Gasteiger partial charge in [0, 0.05) is 31.7 Å². The number of carbonyl (C=O) groups excluding carboxylic acids is 2. The maximum atomic E-state index is 14.0. The van der Waals surface area contributed by atoms with Crippen LogP contribution in [0.1, 0.15) is 43.6 Å². The topological polar surface area (TPSA) is 86.8 Å². The van der Waals surface area contributed by atoms with E-state index in [9.17, 15) is 22.4 Å². The van der Waals surface area contributed by atoms with Crippen LogP contribution < -0.4 is 5.32 Å². The number of sulfonamides is 1. The van der Waals surface area contributed by atoms with Crippen LogP contribution in [0, 0.1) is 5.82 Å². The van der Waals surface area contributed by atoms with Crippen molar-refractivity contribution in [1.82, 2.24) is 14.5 Å². The molecule has 0 aliphatic carbocycles. The Morgan fingerprint density at radius 2 is 1.55 bits per heavy atom. The van der Waals surface area contributed by atoms with Gasteiger partial charge in [0.15, 0.2) is 0 Å². The van der Waals surface area contributed by atoms with E-state index in [2.05, 4.69) is 26.1 Å². The van der Waals surface area contributed by atoms with Crippen LogP contribution in [0.2, 0.25) is 0 Å². The number of hydrogen-bond acceptors (Lipinski definition) is 4. The molecule has 0 saturated carbocycles. The fourth-order valence-corrected chi connectivity index (χ4v) is 5.17. The molecular formula is C24H30FN3O4S. The van der Waals surface area contributed by atoms with Gasteiger partial charge in [-0.2, -0.15) is 4.31 Å². The number of amides is 2. The highest BCUT2D eigenvalue weighted by molar-refractivity contribution is 7.89. The van der Waals surface area contributed by atoms with E-state index in [0.29, 0.717) is 5.56 Å². The molecule has 0 spiro atoms. The summed E-state index contributed by atoms with van der Waals surface area (Å²) in [7, 11) is -3.98. The second kappa shape index (κ2) is 9.61. The summed E-state index contributed by atoms with van der Waals surface area (Å²) in [5.41, 5.74) is 1.54. The van der Waals surface area contributed by atoms with Crippen LogP contribution in [0.3, 0.4) is 0 Å². The van der Waals surface area contributed by atoms with E-state index in [1.165, 1.54) is 27.4 Å². The van der Waals surface area contributed by atoms with E-state index in [1.807, 2.05) is 12.1 Å². The van der Waals surface area contributed by atoms with Crippen molar-refractivity contribution in [3.8, 4) is 0 Å². The van der Waals surface area contributed by atoms with Crippen LogP contribution in [-0.4, -0.2) is 61.7 Å². The van der Waals surface area contributed by atoms with Crippen molar-refractivity contribution in [1.29, 1.82) is 0 Å². The van der Waals surface area contributed by atoms with Gasteiger partial charge in [-0.15, -0.1) is 0 Å². The summed E-state index contributed by atoms with van der Waals surface area (Å²) in [6.07, 6.45) is 0. The quantitative estimate of drug-likeness (QED) is 0.721. The molecule has 1 fully saturated rings. The van der Waals surface area contributed by atoms with E-state index in [0.717, 1.165) is 11.6 Å². The number of hydrogen-bond donors (Lipinski definition) is 1. The summed E-state index contributed by atoms with van der Waals surface area (Å²) >= 11 is 0. The summed E-state index contributed by atoms with van der Waals surface area (Å²) in [6, 6.07) is 11.7. The summed E-state index contributed by atoms with van der Waals surface area (Å²) in [5, 5.41) is 2.71. The fraction of sp³-hybridized carbons (Fsp3) is 0.417. The first-order valence-electron chi connectivity index (χ1n) is 10.9. The van der Waals surface area contributed by atoms with E-state index < -0.39 is 21.9 Å². The fourth-order valence-electron chi connectivity index (χ4n) is 3.68. The minimum atomic E-state index is -3.98. The molecule has 9 heteroatoms. The zero-order valence-corrected chi connectivity index (χ0v) is 20.2. The molecule has 1 unspecified atom stereocenters. The normalized spacial score (nSPS) is 16.3. The molecule has 0 radical (unpaired) electrons. The highest BCUT2D eigenvalue weighted by Gasteiger charge is 2.33. The van der Waals surface area contributed by atoms with Crippen molar-refractivity contribution in [2.24, 2.45) is 0 Å². The van der Waals surface area contributed by atoms with Gasteiger partial charge in [0.1, 0.15) is 16.8 Å². The van der Waals surface area contributed by atoms with Crippen molar-refractivity contribution in [3.63, 3.8) is 0 Å². The Labute approximate surface area is 194 Å². The number of carbonyl (C=O) groups is 2. The monoisotopic (exact) mass is 475 g/mol. The molecule has 1 saturated heterocycles. The Morgan fingerprint density at radius 3 is 2.09 bits per heavy atom. The lowest BCUT2D eigenvalue weighted by atomic mass is 9.86. The molecule has 1 atom stereocenters. The highest BCUT2D eigenvalue weighted by atomic mass is 32.2. The van der Waals surface area contributed by atoms with Gasteiger partial charge in [0.05, 0.1) is 0 Å². The van der Waals surface area contributed by atoms with Gasteiger partial charge in [-0.3, -0.25) is 9.59 Å². The number of rotatable bonds is 5. The van der Waals surface area contributed by atoms with Crippen LogP contribution in [-0.2, 0) is 20.2 Å². The number of nitrogens with one attached hydrogen (secondary N) is 1. The molecule has 0 bridgehead atoms. The zero-order chi connectivity index (χ0) is 24.4. The molecule has 178 valence electrons. The predicted octanol–water partition coefficient (Wildman–Crippen LogP) is 2.77. The molecule has 33 heavy (non-hydrogen) atoms. The molecule has 1 heterocycles. The summed E-state index contributed by atoms with van der Waals surface area (Å²) in [6.45, 7) is 8.29. The molecule has 2 aromatic rings. The van der Waals surface area contributed by atoms with Crippen molar-refractivity contribution < 1.29 is 22.4 Å². The molecule has 2 amide bonds. The minimum Gasteiger partial charge on any atom is -0.341 e. The van der Waals surface area contributed by atoms with Crippen molar-refractivity contribution in [2.75, 3.05) is 26.2 Å². The van der Waals surface area contributed by atoms with Crippen LogP contribution in [0.5, 0.6) is 0 Å². The van der Waals surface area contributed by atoms with Gasteiger partial charge in [0.2, 0.25) is 15.9 Å². The maximum absolute atomic E-state index is 14.0. The second-order valence-electron chi connectivity index (χ2n) is 9.18. The lowest BCUT2D eigenvalue weighted by Crippen LogP contribution is -2.55. The van der Waals surface area contributed by atoms with Gasteiger partial charge in [-0.1, -0.05) is 45.0 Å². The lowest BCUT2D eigenvalue weighted by Gasteiger charge is -2.35. The highest BCUT2D eigenvalue weighted by Crippen LogP contribution is 2.23. The Balaban J connectivity index is 1.58. The van der Waals surface area contributed by atoms with Crippen molar-refractivity contribution in [3.05, 3.63) is 65.5 Å². The minimum absolute atomic E-state index is 0.0276. The third-order valence-corrected chi connectivity index (χ3v) is 7.67. The smallest absolute Gasteiger partial charge is 0.251 e. The Kier molecular flexibility index (Phi) is 7.23. The molecule has 2 aromatic carbocycles. The van der Waals surface area contributed by atoms with Gasteiger partial charge >= 0.3 is 0 Å². The van der Waals surface area contributed by atoms with Crippen LogP contribution in [0.4, 0.5) is 4.39 Å². The summed E-state index contributed by atoms with van der Waals surface area (Å²) in [5.74, 6) is -1.45. The van der Waals surface area contributed by atoms with E-state index in [-0.39, 0.29) is 48.3 Å². The third kappa shape index (κ3) is 5.59. The number of nitrogens with zero attached hydrogens (tertiary/aromatic N) is 2. The van der Waals surface area contributed by atoms with E-state index >= 15 is 0 Å². The van der Waals surface area contributed by atoms with Gasteiger partial charge < -0.3 is 10.2 Å². The standard InChI is InChI=1S/C24H30FN3O4S/c1-17(26-22(29)18-9-11-19(12-10-18)24(2,3)4)23(30)27-13-15-28(16-14-27)33(31,32)21-8-6-5-7-20(21)25/h5-12,17H,13-16H2,1-4H3,(H,26,29). The average Bonchev–Trinajstić information content (AvgIpc) is 2.78. The summed E-state index contributed by atoms with van der Waals surface area (Å²) in [4.78, 5) is 26.5. The predicted molar refractivity (Wildman–Crippen MR) is 124 cm³/mol. The molecule has 0 aromatic heterocycles. The van der Waals surface area contributed by atoms with Gasteiger partial charge in [-0.25, -0.2) is 12.8 Å². The van der Waals surface area contributed by atoms with Crippen LogP contribution >= 0.6 is 0 Å². The van der Waals surface area contributed by atoms with E-state index in [4.69, 9.17) is 0 Å².